The topological polar surface area (TPSA) is 37.4 Å². The molecule has 2 aliphatic carbocycles. The van der Waals surface area contributed by atoms with Crippen molar-refractivity contribution in [3.05, 3.63) is 54.6 Å². The van der Waals surface area contributed by atoms with E-state index in [1.54, 1.807) is 0 Å². The van der Waals surface area contributed by atoms with Crippen molar-refractivity contribution in [2.45, 2.75) is 6.42 Å². The molecule has 2 bridgehead atoms. The highest BCUT2D eigenvalue weighted by Crippen LogP contribution is 2.53. The van der Waals surface area contributed by atoms with E-state index in [1.165, 1.54) is 4.90 Å². The first kappa shape index (κ1) is 12.2. The molecule has 2 fully saturated rings. The molecule has 0 spiro atoms. The Bertz CT molecular complexity index is 823. The van der Waals surface area contributed by atoms with Gasteiger partial charge in [0.2, 0.25) is 11.8 Å². The maximum atomic E-state index is 12.8. The van der Waals surface area contributed by atoms with Gasteiger partial charge >= 0.3 is 0 Å². The number of anilines is 1. The lowest BCUT2D eigenvalue weighted by atomic mass is 9.85. The second kappa shape index (κ2) is 4.07. The van der Waals surface area contributed by atoms with E-state index in [4.69, 9.17) is 0 Å². The zero-order chi connectivity index (χ0) is 14.8. The lowest BCUT2D eigenvalue weighted by molar-refractivity contribution is -0.123. The molecule has 0 unspecified atom stereocenters. The highest BCUT2D eigenvalue weighted by Gasteiger charge is 2.59. The third-order valence-electron chi connectivity index (χ3n) is 5.46. The van der Waals surface area contributed by atoms with E-state index in [1.807, 2.05) is 42.5 Å². The van der Waals surface area contributed by atoms with Crippen molar-refractivity contribution < 1.29 is 9.59 Å². The number of allylic oxidation sites excluding steroid dienone is 2. The highest BCUT2D eigenvalue weighted by atomic mass is 16.2. The summed E-state index contributed by atoms with van der Waals surface area (Å²) < 4.78 is 0. The van der Waals surface area contributed by atoms with Crippen LogP contribution in [0, 0.1) is 23.7 Å². The maximum absolute atomic E-state index is 12.8. The van der Waals surface area contributed by atoms with E-state index in [0.717, 1.165) is 17.2 Å². The minimum Gasteiger partial charge on any atom is -0.274 e. The van der Waals surface area contributed by atoms with Gasteiger partial charge in [-0.15, -0.1) is 0 Å². The molecule has 2 amide bonds. The fraction of sp³-hybridized carbons (Fsp3) is 0.263. The molecule has 3 aliphatic rings. The molecule has 2 aromatic rings. The lowest BCUT2D eigenvalue weighted by Crippen LogP contribution is -2.32. The Hall–Kier alpha value is -2.42. The van der Waals surface area contributed by atoms with Crippen LogP contribution in [0.4, 0.5) is 5.69 Å². The van der Waals surface area contributed by atoms with Gasteiger partial charge in [0.1, 0.15) is 0 Å². The molecule has 1 saturated heterocycles. The van der Waals surface area contributed by atoms with Crippen molar-refractivity contribution in [1.29, 1.82) is 0 Å². The van der Waals surface area contributed by atoms with Gasteiger partial charge in [0.25, 0.3) is 0 Å². The molecular weight excluding hydrogens is 274 g/mol. The Morgan fingerprint density at radius 3 is 2.14 bits per heavy atom. The summed E-state index contributed by atoms with van der Waals surface area (Å²) in [6, 6.07) is 13.8. The van der Waals surface area contributed by atoms with Crippen molar-refractivity contribution in [2.24, 2.45) is 23.7 Å². The molecule has 0 aromatic heterocycles. The molecule has 3 heteroatoms. The minimum atomic E-state index is -0.131. The van der Waals surface area contributed by atoms with Crippen LogP contribution < -0.4 is 4.90 Å². The van der Waals surface area contributed by atoms with Crippen molar-refractivity contribution in [2.75, 3.05) is 4.90 Å². The fourth-order valence-corrected chi connectivity index (χ4v) is 4.47. The van der Waals surface area contributed by atoms with Crippen LogP contribution in [-0.4, -0.2) is 11.8 Å². The highest BCUT2D eigenvalue weighted by molar-refractivity contribution is 6.23. The van der Waals surface area contributed by atoms with Crippen molar-refractivity contribution in [3.63, 3.8) is 0 Å². The zero-order valence-corrected chi connectivity index (χ0v) is 12.0. The van der Waals surface area contributed by atoms with E-state index in [-0.39, 0.29) is 35.5 Å². The lowest BCUT2D eigenvalue weighted by Gasteiger charge is -2.17. The number of amides is 2. The van der Waals surface area contributed by atoms with E-state index in [2.05, 4.69) is 12.2 Å². The second-order valence-corrected chi connectivity index (χ2v) is 6.54. The Balaban J connectivity index is 1.60. The summed E-state index contributed by atoms with van der Waals surface area (Å²) in [7, 11) is 0. The molecule has 1 aliphatic heterocycles. The van der Waals surface area contributed by atoms with E-state index in [9.17, 15) is 9.59 Å². The molecule has 1 saturated carbocycles. The smallest absolute Gasteiger partial charge is 0.238 e. The fourth-order valence-electron chi connectivity index (χ4n) is 4.47. The van der Waals surface area contributed by atoms with Crippen LogP contribution in [0.5, 0.6) is 0 Å². The summed E-state index contributed by atoms with van der Waals surface area (Å²) in [5.41, 5.74) is 0.711. The monoisotopic (exact) mass is 289 g/mol. The zero-order valence-electron chi connectivity index (χ0n) is 12.0. The molecule has 5 rings (SSSR count). The Labute approximate surface area is 128 Å². The molecule has 1 heterocycles. The molecule has 108 valence electrons. The molecule has 3 nitrogen and oxygen atoms in total. The van der Waals surface area contributed by atoms with Crippen LogP contribution in [0.3, 0.4) is 0 Å². The molecule has 0 N–H and O–H groups in total. The van der Waals surface area contributed by atoms with Crippen molar-refractivity contribution in [3.8, 4) is 0 Å². The minimum absolute atomic E-state index is 0.0119. The van der Waals surface area contributed by atoms with Crippen molar-refractivity contribution in [1.82, 2.24) is 0 Å². The first-order valence-electron chi connectivity index (χ1n) is 7.79. The average molecular weight is 289 g/mol. The summed E-state index contributed by atoms with van der Waals surface area (Å²) >= 11 is 0. The van der Waals surface area contributed by atoms with Crippen LogP contribution in [-0.2, 0) is 9.59 Å². The Morgan fingerprint density at radius 2 is 1.45 bits per heavy atom. The summed E-state index contributed by atoms with van der Waals surface area (Å²) in [6.07, 6.45) is 5.22. The van der Waals surface area contributed by atoms with Gasteiger partial charge in [0.15, 0.2) is 0 Å². The number of nitrogens with zero attached hydrogens (tertiary/aromatic N) is 1. The number of carbonyl (C=O) groups excluding carboxylic acids is 2. The predicted molar refractivity (Wildman–Crippen MR) is 84.2 cm³/mol. The number of imide groups is 1. The number of hydrogen-bond acceptors (Lipinski definition) is 2. The molecular formula is C19H15NO2. The van der Waals surface area contributed by atoms with Crippen LogP contribution in [0.25, 0.3) is 10.8 Å². The number of rotatable bonds is 1. The molecule has 0 radical (unpaired) electrons. The number of fused-ring (bicyclic) bond motifs is 6. The average Bonchev–Trinajstić information content (AvgIpc) is 3.21. The molecule has 2 aromatic carbocycles. The van der Waals surface area contributed by atoms with E-state index in [0.29, 0.717) is 5.69 Å². The van der Waals surface area contributed by atoms with Crippen LogP contribution in [0.2, 0.25) is 0 Å². The van der Waals surface area contributed by atoms with Gasteiger partial charge in [-0.25, -0.2) is 4.90 Å². The Kier molecular flexibility index (Phi) is 2.25. The van der Waals surface area contributed by atoms with Crippen LogP contribution in [0.15, 0.2) is 54.6 Å². The summed E-state index contributed by atoms with van der Waals surface area (Å²) in [4.78, 5) is 27.0. The number of carbonyl (C=O) groups is 2. The van der Waals surface area contributed by atoms with Gasteiger partial charge in [-0.1, -0.05) is 42.5 Å². The first-order chi connectivity index (χ1) is 10.7. The van der Waals surface area contributed by atoms with Gasteiger partial charge in [0, 0.05) is 0 Å². The third-order valence-corrected chi connectivity index (χ3v) is 5.46. The van der Waals surface area contributed by atoms with Crippen LogP contribution in [0.1, 0.15) is 6.42 Å². The van der Waals surface area contributed by atoms with E-state index < -0.39 is 0 Å². The summed E-state index contributed by atoms with van der Waals surface area (Å²) in [5.74, 6) is 0.237. The van der Waals surface area contributed by atoms with Crippen LogP contribution >= 0.6 is 0 Å². The quantitative estimate of drug-likeness (QED) is 0.597. The Morgan fingerprint density at radius 1 is 0.818 bits per heavy atom. The summed E-state index contributed by atoms with van der Waals surface area (Å²) in [5, 5.41) is 2.17. The maximum Gasteiger partial charge on any atom is 0.238 e. The normalized spacial score (nSPS) is 32.3. The molecule has 22 heavy (non-hydrogen) atoms. The van der Waals surface area contributed by atoms with Gasteiger partial charge in [-0.05, 0) is 41.2 Å². The van der Waals surface area contributed by atoms with Gasteiger partial charge in [-0.3, -0.25) is 9.59 Å². The molecule has 4 atom stereocenters. The van der Waals surface area contributed by atoms with Crippen molar-refractivity contribution >= 4 is 28.3 Å². The van der Waals surface area contributed by atoms with Gasteiger partial charge < -0.3 is 0 Å². The predicted octanol–water partition coefficient (Wildman–Crippen LogP) is 3.15. The van der Waals surface area contributed by atoms with Gasteiger partial charge in [0.05, 0.1) is 17.5 Å². The van der Waals surface area contributed by atoms with Gasteiger partial charge in [-0.2, -0.15) is 0 Å². The first-order valence-corrected chi connectivity index (χ1v) is 7.79. The van der Waals surface area contributed by atoms with E-state index >= 15 is 0 Å². The summed E-state index contributed by atoms with van der Waals surface area (Å²) in [6.45, 7) is 0. The standard InChI is InChI=1S/C19H15NO2/c21-18-16-13-5-6-14(9-13)17(16)19(22)20(18)15-8-7-11-3-1-2-4-12(11)10-15/h1-8,10,13-14,16-17H,9H2/t13-,14-,16-,17+/m1/s1. The number of benzene rings is 2. The number of hydrogen-bond donors (Lipinski definition) is 0. The second-order valence-electron chi connectivity index (χ2n) is 6.54. The third kappa shape index (κ3) is 1.41. The largest absolute Gasteiger partial charge is 0.274 e. The SMILES string of the molecule is O=C1[C@@H]2[C@H](C(=O)N1c1ccc3ccccc3c1)[C@@H]1C=C[C@@H]2C1.